The molecule has 0 saturated carbocycles. The summed E-state index contributed by atoms with van der Waals surface area (Å²) in [4.78, 5) is 21.9. The molecule has 1 atom stereocenters. The van der Waals surface area contributed by atoms with Crippen molar-refractivity contribution in [3.8, 4) is 0 Å². The van der Waals surface area contributed by atoms with Crippen molar-refractivity contribution in [2.45, 2.75) is 52.4 Å². The molecule has 0 heterocycles. The minimum atomic E-state index is -0.458. The first kappa shape index (κ1) is 14.9. The van der Waals surface area contributed by atoms with E-state index in [0.717, 1.165) is 12.8 Å². The van der Waals surface area contributed by atoms with E-state index in [0.29, 0.717) is 6.61 Å². The van der Waals surface area contributed by atoms with Gasteiger partial charge in [0.25, 0.3) is 0 Å². The van der Waals surface area contributed by atoms with Crippen LogP contribution in [0.3, 0.4) is 0 Å². The molecule has 4 heteroatoms. The Hall–Kier alpha value is -1.06. The zero-order valence-corrected chi connectivity index (χ0v) is 10.3. The van der Waals surface area contributed by atoms with Gasteiger partial charge >= 0.3 is 5.97 Å². The van der Waals surface area contributed by atoms with Gasteiger partial charge in [-0.1, -0.05) is 39.5 Å². The van der Waals surface area contributed by atoms with E-state index < -0.39 is 11.8 Å². The first-order valence-electron chi connectivity index (χ1n) is 6.02. The van der Waals surface area contributed by atoms with E-state index in [2.05, 4.69) is 6.92 Å². The van der Waals surface area contributed by atoms with Crippen molar-refractivity contribution in [1.82, 2.24) is 0 Å². The fourth-order valence-electron chi connectivity index (χ4n) is 1.30. The molecule has 0 radical (unpaired) electrons. The third-order valence-electron chi connectivity index (χ3n) is 2.47. The fraction of sp³-hybridized carbons (Fsp3) is 0.833. The molecule has 4 nitrogen and oxygen atoms in total. The maximum atomic E-state index is 11.2. The Labute approximate surface area is 97.5 Å². The SMILES string of the molecule is CCCCCCCOC(=O)CC(C)C(N)=O. The van der Waals surface area contributed by atoms with E-state index >= 15 is 0 Å². The van der Waals surface area contributed by atoms with Gasteiger partial charge in [0.15, 0.2) is 0 Å². The maximum absolute atomic E-state index is 11.2. The molecule has 0 aromatic rings. The molecule has 16 heavy (non-hydrogen) atoms. The minimum Gasteiger partial charge on any atom is -0.466 e. The zero-order chi connectivity index (χ0) is 12.4. The number of rotatable bonds is 9. The first-order chi connectivity index (χ1) is 7.57. The number of carbonyl (C=O) groups is 2. The highest BCUT2D eigenvalue weighted by atomic mass is 16.5. The summed E-state index contributed by atoms with van der Waals surface area (Å²) in [6.07, 6.45) is 5.70. The Morgan fingerprint density at radius 2 is 1.81 bits per heavy atom. The summed E-state index contributed by atoms with van der Waals surface area (Å²) >= 11 is 0. The fourth-order valence-corrected chi connectivity index (χ4v) is 1.30. The molecule has 1 unspecified atom stereocenters. The van der Waals surface area contributed by atoms with E-state index in [1.165, 1.54) is 19.3 Å². The topological polar surface area (TPSA) is 69.4 Å². The molecule has 0 fully saturated rings. The molecule has 94 valence electrons. The van der Waals surface area contributed by atoms with Gasteiger partial charge in [0.05, 0.1) is 13.0 Å². The quantitative estimate of drug-likeness (QED) is 0.485. The van der Waals surface area contributed by atoms with Crippen molar-refractivity contribution < 1.29 is 14.3 Å². The molecule has 0 aromatic carbocycles. The van der Waals surface area contributed by atoms with Crippen LogP contribution in [0.5, 0.6) is 0 Å². The van der Waals surface area contributed by atoms with Gasteiger partial charge in [0.2, 0.25) is 5.91 Å². The minimum absolute atomic E-state index is 0.0876. The summed E-state index contributed by atoms with van der Waals surface area (Å²) in [5, 5.41) is 0. The second-order valence-electron chi connectivity index (χ2n) is 4.14. The van der Waals surface area contributed by atoms with E-state index in [4.69, 9.17) is 10.5 Å². The molecule has 2 N–H and O–H groups in total. The predicted octanol–water partition coefficient (Wildman–Crippen LogP) is 2.01. The van der Waals surface area contributed by atoms with Crippen LogP contribution in [0.15, 0.2) is 0 Å². The van der Waals surface area contributed by atoms with E-state index in [9.17, 15) is 9.59 Å². The van der Waals surface area contributed by atoms with E-state index in [-0.39, 0.29) is 12.4 Å². The van der Waals surface area contributed by atoms with Crippen molar-refractivity contribution in [1.29, 1.82) is 0 Å². The van der Waals surface area contributed by atoms with Gasteiger partial charge in [-0.05, 0) is 6.42 Å². The van der Waals surface area contributed by atoms with Crippen molar-refractivity contribution in [3.05, 3.63) is 0 Å². The Balaban J connectivity index is 3.40. The number of amides is 1. The molecule has 0 aliphatic rings. The van der Waals surface area contributed by atoms with Crippen molar-refractivity contribution in [3.63, 3.8) is 0 Å². The van der Waals surface area contributed by atoms with Gasteiger partial charge in [0, 0.05) is 5.92 Å². The van der Waals surface area contributed by atoms with Crippen LogP contribution < -0.4 is 5.73 Å². The molecule has 0 rings (SSSR count). The lowest BCUT2D eigenvalue weighted by Gasteiger charge is -2.07. The third kappa shape index (κ3) is 8.26. The number of ether oxygens (including phenoxy) is 1. The Bertz CT molecular complexity index is 216. The Kier molecular flexibility index (Phi) is 8.58. The highest BCUT2D eigenvalue weighted by Crippen LogP contribution is 2.05. The summed E-state index contributed by atoms with van der Waals surface area (Å²) in [5.74, 6) is -1.23. The van der Waals surface area contributed by atoms with Crippen LogP contribution in [-0.2, 0) is 14.3 Å². The lowest BCUT2D eigenvalue weighted by Crippen LogP contribution is -2.24. The molecule has 0 aromatic heterocycles. The summed E-state index contributed by atoms with van der Waals surface area (Å²) in [6, 6.07) is 0. The molecule has 1 amide bonds. The summed E-state index contributed by atoms with van der Waals surface area (Å²) < 4.78 is 5.00. The van der Waals surface area contributed by atoms with Crippen molar-refractivity contribution in [2.75, 3.05) is 6.61 Å². The summed E-state index contributed by atoms with van der Waals surface area (Å²) in [6.45, 7) is 4.24. The Morgan fingerprint density at radius 3 is 2.38 bits per heavy atom. The van der Waals surface area contributed by atoms with Gasteiger partial charge < -0.3 is 10.5 Å². The smallest absolute Gasteiger partial charge is 0.306 e. The van der Waals surface area contributed by atoms with Crippen LogP contribution in [0, 0.1) is 5.92 Å². The number of primary amides is 1. The number of unbranched alkanes of at least 4 members (excludes halogenated alkanes) is 4. The van der Waals surface area contributed by atoms with Crippen molar-refractivity contribution in [2.24, 2.45) is 11.7 Å². The van der Waals surface area contributed by atoms with E-state index in [1.807, 2.05) is 0 Å². The van der Waals surface area contributed by atoms with Crippen LogP contribution in [0.1, 0.15) is 52.4 Å². The Morgan fingerprint density at radius 1 is 1.19 bits per heavy atom. The maximum Gasteiger partial charge on any atom is 0.306 e. The van der Waals surface area contributed by atoms with Crippen LogP contribution in [0.2, 0.25) is 0 Å². The monoisotopic (exact) mass is 229 g/mol. The average molecular weight is 229 g/mol. The molecule has 0 saturated heterocycles. The molecule has 0 bridgehead atoms. The van der Waals surface area contributed by atoms with Gasteiger partial charge in [-0.2, -0.15) is 0 Å². The van der Waals surface area contributed by atoms with Gasteiger partial charge in [-0.25, -0.2) is 0 Å². The molecule has 0 aliphatic heterocycles. The number of hydrogen-bond acceptors (Lipinski definition) is 3. The molecule has 0 spiro atoms. The van der Waals surface area contributed by atoms with Crippen LogP contribution >= 0.6 is 0 Å². The molecular formula is C12H23NO3. The van der Waals surface area contributed by atoms with Crippen LogP contribution in [-0.4, -0.2) is 18.5 Å². The normalized spacial score (nSPS) is 12.1. The summed E-state index contributed by atoms with van der Waals surface area (Å²) in [5.41, 5.74) is 5.05. The van der Waals surface area contributed by atoms with Crippen molar-refractivity contribution >= 4 is 11.9 Å². The number of carbonyl (C=O) groups excluding carboxylic acids is 2. The lowest BCUT2D eigenvalue weighted by molar-refractivity contribution is -0.146. The highest BCUT2D eigenvalue weighted by molar-refractivity contribution is 5.82. The number of esters is 1. The van der Waals surface area contributed by atoms with Crippen LogP contribution in [0.25, 0.3) is 0 Å². The second kappa shape index (κ2) is 9.19. The predicted molar refractivity (Wildman–Crippen MR) is 62.7 cm³/mol. The van der Waals surface area contributed by atoms with Crippen LogP contribution in [0.4, 0.5) is 0 Å². The standard InChI is InChI=1S/C12H23NO3/c1-3-4-5-6-7-8-16-11(14)9-10(2)12(13)15/h10H,3-9H2,1-2H3,(H2,13,15). The number of hydrogen-bond donors (Lipinski definition) is 1. The summed E-state index contributed by atoms with van der Waals surface area (Å²) in [7, 11) is 0. The van der Waals surface area contributed by atoms with Gasteiger partial charge in [-0.3, -0.25) is 9.59 Å². The molecule has 0 aliphatic carbocycles. The number of nitrogens with two attached hydrogens (primary N) is 1. The molecular weight excluding hydrogens is 206 g/mol. The van der Waals surface area contributed by atoms with Gasteiger partial charge in [-0.15, -0.1) is 0 Å². The van der Waals surface area contributed by atoms with Gasteiger partial charge in [0.1, 0.15) is 0 Å². The zero-order valence-electron chi connectivity index (χ0n) is 10.3. The van der Waals surface area contributed by atoms with E-state index in [1.54, 1.807) is 6.92 Å². The first-order valence-corrected chi connectivity index (χ1v) is 6.02. The average Bonchev–Trinajstić information content (AvgIpc) is 2.23. The third-order valence-corrected chi connectivity index (χ3v) is 2.47. The largest absolute Gasteiger partial charge is 0.466 e. The second-order valence-corrected chi connectivity index (χ2v) is 4.14. The lowest BCUT2D eigenvalue weighted by atomic mass is 10.1. The highest BCUT2D eigenvalue weighted by Gasteiger charge is 2.14.